The molecular formula is C15H13ClN2O2. The van der Waals surface area contributed by atoms with Gasteiger partial charge in [0.25, 0.3) is 5.91 Å². The van der Waals surface area contributed by atoms with Crippen LogP contribution in [-0.4, -0.2) is 16.0 Å². The highest BCUT2D eigenvalue weighted by atomic mass is 35.5. The first-order valence-electron chi connectivity index (χ1n) is 5.92. The fourth-order valence-electron chi connectivity index (χ4n) is 1.58. The number of anilines is 1. The molecule has 0 spiro atoms. The Bertz CT molecular complexity index is 612. The number of aliphatic hydroxyl groups excluding tert-OH is 1. The van der Waals surface area contributed by atoms with Crippen LogP contribution in [0.1, 0.15) is 11.8 Å². The van der Waals surface area contributed by atoms with E-state index in [1.54, 1.807) is 48.7 Å². The molecule has 0 radical (unpaired) electrons. The first-order valence-corrected chi connectivity index (χ1v) is 6.30. The average molecular weight is 289 g/mol. The summed E-state index contributed by atoms with van der Waals surface area (Å²) < 4.78 is 0. The number of nitrogens with one attached hydrogen (secondary N) is 1. The van der Waals surface area contributed by atoms with Gasteiger partial charge in [-0.3, -0.25) is 9.78 Å². The molecule has 0 bridgehead atoms. The van der Waals surface area contributed by atoms with Crippen LogP contribution in [0, 0.1) is 0 Å². The Balaban J connectivity index is 2.05. The van der Waals surface area contributed by atoms with Crippen LogP contribution in [0.5, 0.6) is 0 Å². The Morgan fingerprint density at radius 2 is 1.95 bits per heavy atom. The van der Waals surface area contributed by atoms with E-state index < -0.39 is 12.0 Å². The highest BCUT2D eigenvalue weighted by Gasteiger charge is 2.19. The van der Waals surface area contributed by atoms with Crippen molar-refractivity contribution >= 4 is 23.2 Å². The Morgan fingerprint density at radius 3 is 2.55 bits per heavy atom. The molecular weight excluding hydrogens is 276 g/mol. The van der Waals surface area contributed by atoms with E-state index in [9.17, 15) is 9.90 Å². The van der Waals surface area contributed by atoms with E-state index in [1.165, 1.54) is 0 Å². The van der Waals surface area contributed by atoms with Crippen molar-refractivity contribution in [2.75, 3.05) is 5.32 Å². The number of pyridine rings is 1. The second kappa shape index (κ2) is 6.32. The molecule has 0 aliphatic rings. The standard InChI is InChI=1S/C15H13ClN2O2/c1-10(14(19)13-4-2-3-9-17-13)15(20)18-12-7-5-11(16)6-8-12/h2-9,14,19H,1H2,(H,18,20). The predicted molar refractivity (Wildman–Crippen MR) is 78.4 cm³/mol. The van der Waals surface area contributed by atoms with Gasteiger partial charge < -0.3 is 10.4 Å². The summed E-state index contributed by atoms with van der Waals surface area (Å²) in [5.74, 6) is -0.467. The Kier molecular flexibility index (Phi) is 4.50. The number of hydrogen-bond donors (Lipinski definition) is 2. The van der Waals surface area contributed by atoms with Gasteiger partial charge in [0, 0.05) is 22.5 Å². The first-order chi connectivity index (χ1) is 9.58. The van der Waals surface area contributed by atoms with Gasteiger partial charge in [-0.05, 0) is 36.4 Å². The maximum absolute atomic E-state index is 12.0. The normalized spacial score (nSPS) is 11.7. The number of nitrogens with zero attached hydrogens (tertiary/aromatic N) is 1. The summed E-state index contributed by atoms with van der Waals surface area (Å²) >= 11 is 5.76. The minimum absolute atomic E-state index is 0.0265. The molecule has 2 rings (SSSR count). The lowest BCUT2D eigenvalue weighted by Crippen LogP contribution is -2.19. The van der Waals surface area contributed by atoms with E-state index in [0.29, 0.717) is 16.4 Å². The van der Waals surface area contributed by atoms with Crippen LogP contribution < -0.4 is 5.32 Å². The Labute approximate surface area is 121 Å². The molecule has 2 aromatic rings. The second-order valence-electron chi connectivity index (χ2n) is 4.14. The van der Waals surface area contributed by atoms with Crippen molar-refractivity contribution in [2.45, 2.75) is 6.10 Å². The molecule has 1 aromatic heterocycles. The molecule has 4 nitrogen and oxygen atoms in total. The summed E-state index contributed by atoms with van der Waals surface area (Å²) in [6.45, 7) is 3.62. The van der Waals surface area contributed by atoms with E-state index in [2.05, 4.69) is 16.9 Å². The summed E-state index contributed by atoms with van der Waals surface area (Å²) in [6.07, 6.45) is 0.409. The zero-order valence-corrected chi connectivity index (χ0v) is 11.3. The fourth-order valence-corrected chi connectivity index (χ4v) is 1.71. The van der Waals surface area contributed by atoms with E-state index in [4.69, 9.17) is 11.6 Å². The minimum atomic E-state index is -1.14. The molecule has 0 aliphatic heterocycles. The van der Waals surface area contributed by atoms with E-state index >= 15 is 0 Å². The third kappa shape index (κ3) is 3.44. The lowest BCUT2D eigenvalue weighted by molar-refractivity contribution is -0.113. The molecule has 2 N–H and O–H groups in total. The number of amides is 1. The predicted octanol–water partition coefficient (Wildman–Crippen LogP) is 2.96. The molecule has 20 heavy (non-hydrogen) atoms. The van der Waals surface area contributed by atoms with E-state index in [1.807, 2.05) is 0 Å². The van der Waals surface area contributed by atoms with Crippen LogP contribution in [0.25, 0.3) is 0 Å². The van der Waals surface area contributed by atoms with Gasteiger partial charge in [-0.15, -0.1) is 0 Å². The van der Waals surface area contributed by atoms with Crippen molar-refractivity contribution in [3.05, 3.63) is 71.5 Å². The van der Waals surface area contributed by atoms with Gasteiger partial charge in [0.15, 0.2) is 0 Å². The monoisotopic (exact) mass is 288 g/mol. The summed E-state index contributed by atoms with van der Waals surface area (Å²) in [7, 11) is 0. The lowest BCUT2D eigenvalue weighted by atomic mass is 10.1. The lowest BCUT2D eigenvalue weighted by Gasteiger charge is -2.13. The van der Waals surface area contributed by atoms with Crippen LogP contribution in [0.3, 0.4) is 0 Å². The van der Waals surface area contributed by atoms with Crippen molar-refractivity contribution in [3.8, 4) is 0 Å². The summed E-state index contributed by atoms with van der Waals surface area (Å²) in [5.41, 5.74) is 0.983. The van der Waals surface area contributed by atoms with Gasteiger partial charge in [0.2, 0.25) is 0 Å². The Morgan fingerprint density at radius 1 is 1.25 bits per heavy atom. The summed E-state index contributed by atoms with van der Waals surface area (Å²) in [6, 6.07) is 11.7. The number of rotatable bonds is 4. The second-order valence-corrected chi connectivity index (χ2v) is 4.58. The topological polar surface area (TPSA) is 62.2 Å². The van der Waals surface area contributed by atoms with Crippen molar-refractivity contribution < 1.29 is 9.90 Å². The van der Waals surface area contributed by atoms with E-state index in [-0.39, 0.29) is 5.57 Å². The smallest absolute Gasteiger partial charge is 0.254 e. The third-order valence-corrected chi connectivity index (χ3v) is 2.94. The highest BCUT2D eigenvalue weighted by Crippen LogP contribution is 2.20. The molecule has 0 aliphatic carbocycles. The van der Waals surface area contributed by atoms with Crippen LogP contribution in [-0.2, 0) is 4.79 Å². The summed E-state index contributed by atoms with van der Waals surface area (Å²) in [5, 5.41) is 13.3. The quantitative estimate of drug-likeness (QED) is 0.850. The van der Waals surface area contributed by atoms with E-state index in [0.717, 1.165) is 0 Å². The first kappa shape index (κ1) is 14.2. The van der Waals surface area contributed by atoms with Crippen LogP contribution in [0.4, 0.5) is 5.69 Å². The molecule has 1 amide bonds. The molecule has 1 atom stereocenters. The van der Waals surface area contributed by atoms with Gasteiger partial charge in [-0.1, -0.05) is 24.2 Å². The van der Waals surface area contributed by atoms with Gasteiger partial charge >= 0.3 is 0 Å². The number of benzene rings is 1. The Hall–Kier alpha value is -2.17. The maximum Gasteiger partial charge on any atom is 0.254 e. The van der Waals surface area contributed by atoms with Crippen molar-refractivity contribution in [2.24, 2.45) is 0 Å². The highest BCUT2D eigenvalue weighted by molar-refractivity contribution is 6.30. The average Bonchev–Trinajstić information content (AvgIpc) is 2.49. The molecule has 1 unspecified atom stereocenters. The number of carbonyl (C=O) groups is 1. The SMILES string of the molecule is C=C(C(=O)Nc1ccc(Cl)cc1)C(O)c1ccccn1. The largest absolute Gasteiger partial charge is 0.382 e. The maximum atomic E-state index is 12.0. The fraction of sp³-hybridized carbons (Fsp3) is 0.0667. The third-order valence-electron chi connectivity index (χ3n) is 2.69. The zero-order chi connectivity index (χ0) is 14.5. The molecule has 1 aromatic carbocycles. The zero-order valence-electron chi connectivity index (χ0n) is 10.6. The number of aliphatic hydroxyl groups is 1. The van der Waals surface area contributed by atoms with Crippen LogP contribution >= 0.6 is 11.6 Å². The summed E-state index contributed by atoms with van der Waals surface area (Å²) in [4.78, 5) is 16.0. The number of halogens is 1. The number of carbonyl (C=O) groups excluding carboxylic acids is 1. The molecule has 5 heteroatoms. The van der Waals surface area contributed by atoms with Crippen LogP contribution in [0.15, 0.2) is 60.8 Å². The van der Waals surface area contributed by atoms with Crippen LogP contribution in [0.2, 0.25) is 5.02 Å². The number of aromatic nitrogens is 1. The van der Waals surface area contributed by atoms with Gasteiger partial charge in [-0.2, -0.15) is 0 Å². The molecule has 0 saturated carbocycles. The molecule has 1 heterocycles. The molecule has 0 saturated heterocycles. The number of hydrogen-bond acceptors (Lipinski definition) is 3. The van der Waals surface area contributed by atoms with Crippen molar-refractivity contribution in [3.63, 3.8) is 0 Å². The van der Waals surface area contributed by atoms with Gasteiger partial charge in [-0.25, -0.2) is 0 Å². The van der Waals surface area contributed by atoms with Gasteiger partial charge in [0.05, 0.1) is 5.69 Å². The van der Waals surface area contributed by atoms with Gasteiger partial charge in [0.1, 0.15) is 6.10 Å². The minimum Gasteiger partial charge on any atom is -0.382 e. The van der Waals surface area contributed by atoms with Crippen molar-refractivity contribution in [1.82, 2.24) is 4.98 Å². The molecule has 102 valence electrons. The van der Waals surface area contributed by atoms with Crippen molar-refractivity contribution in [1.29, 1.82) is 0 Å². The molecule has 0 fully saturated rings.